The number of carbonyl (C=O) groups excluding carboxylic acids is 2. The highest BCUT2D eigenvalue weighted by molar-refractivity contribution is 5.84. The van der Waals surface area contributed by atoms with E-state index in [-0.39, 0.29) is 18.1 Å². The zero-order valence-electron chi connectivity index (χ0n) is 14.2. The smallest absolute Gasteiger partial charge is 0.279 e. The second-order valence-corrected chi connectivity index (χ2v) is 5.72. The number of ether oxygens (including phenoxy) is 1. The van der Waals surface area contributed by atoms with Gasteiger partial charge in [0.25, 0.3) is 5.91 Å². The van der Waals surface area contributed by atoms with Crippen LogP contribution in [0.25, 0.3) is 0 Å². The second kappa shape index (κ2) is 8.82. The van der Waals surface area contributed by atoms with Gasteiger partial charge in [0.1, 0.15) is 0 Å². The van der Waals surface area contributed by atoms with Crippen LogP contribution in [0, 0.1) is 12.7 Å². The number of benzene rings is 2. The van der Waals surface area contributed by atoms with Crippen molar-refractivity contribution in [3.63, 3.8) is 0 Å². The lowest BCUT2D eigenvalue weighted by molar-refractivity contribution is -0.132. The molecular weight excluding hydrogens is 323 g/mol. The van der Waals surface area contributed by atoms with Gasteiger partial charge >= 0.3 is 0 Å². The molecule has 0 aromatic heterocycles. The van der Waals surface area contributed by atoms with Crippen molar-refractivity contribution in [2.45, 2.75) is 32.8 Å². The van der Waals surface area contributed by atoms with E-state index < -0.39 is 17.8 Å². The second-order valence-electron chi connectivity index (χ2n) is 5.72. The van der Waals surface area contributed by atoms with Crippen molar-refractivity contribution in [1.29, 1.82) is 0 Å². The lowest BCUT2D eigenvalue weighted by Crippen LogP contribution is -2.47. The number of aryl methyl sites for hydroxylation is 2. The van der Waals surface area contributed by atoms with Crippen LogP contribution in [-0.4, -0.2) is 17.9 Å². The van der Waals surface area contributed by atoms with E-state index >= 15 is 0 Å². The average molecular weight is 344 g/mol. The van der Waals surface area contributed by atoms with Gasteiger partial charge in [0.15, 0.2) is 17.7 Å². The van der Waals surface area contributed by atoms with E-state index in [1.54, 1.807) is 6.07 Å². The van der Waals surface area contributed by atoms with Gasteiger partial charge in [0, 0.05) is 6.42 Å². The molecule has 2 amide bonds. The van der Waals surface area contributed by atoms with Crippen LogP contribution >= 0.6 is 0 Å². The number of hydrazine groups is 1. The minimum atomic E-state index is -0.950. The monoisotopic (exact) mass is 344 g/mol. The van der Waals surface area contributed by atoms with Gasteiger partial charge in [-0.15, -0.1) is 0 Å². The van der Waals surface area contributed by atoms with Gasteiger partial charge in [0.05, 0.1) is 0 Å². The van der Waals surface area contributed by atoms with Crippen LogP contribution in [-0.2, 0) is 16.0 Å². The van der Waals surface area contributed by atoms with Crippen molar-refractivity contribution >= 4 is 11.8 Å². The Morgan fingerprint density at radius 2 is 1.88 bits per heavy atom. The molecule has 2 aromatic rings. The third kappa shape index (κ3) is 5.91. The maximum atomic E-state index is 13.5. The lowest BCUT2D eigenvalue weighted by Gasteiger charge is -2.15. The fourth-order valence-corrected chi connectivity index (χ4v) is 2.21. The molecule has 0 aliphatic carbocycles. The topological polar surface area (TPSA) is 67.4 Å². The van der Waals surface area contributed by atoms with Gasteiger partial charge in [-0.1, -0.05) is 42.0 Å². The van der Waals surface area contributed by atoms with Gasteiger partial charge < -0.3 is 4.74 Å². The maximum Gasteiger partial charge on any atom is 0.279 e. The van der Waals surface area contributed by atoms with Crippen molar-refractivity contribution in [2.24, 2.45) is 0 Å². The van der Waals surface area contributed by atoms with E-state index in [1.807, 2.05) is 31.2 Å². The van der Waals surface area contributed by atoms with E-state index in [0.29, 0.717) is 6.42 Å². The molecule has 0 fully saturated rings. The molecule has 0 saturated heterocycles. The van der Waals surface area contributed by atoms with Crippen molar-refractivity contribution in [3.05, 3.63) is 65.5 Å². The summed E-state index contributed by atoms with van der Waals surface area (Å²) in [6.07, 6.45) is -0.134. The number of halogens is 1. The number of hydrogen-bond donors (Lipinski definition) is 2. The first-order chi connectivity index (χ1) is 12.0. The molecule has 0 bridgehead atoms. The molecule has 0 aliphatic rings. The van der Waals surface area contributed by atoms with Crippen LogP contribution in [0.1, 0.15) is 24.5 Å². The highest BCUT2D eigenvalue weighted by Gasteiger charge is 2.17. The molecule has 0 saturated carbocycles. The molecule has 0 spiro atoms. The number of carbonyl (C=O) groups is 2. The third-order valence-corrected chi connectivity index (χ3v) is 3.56. The Kier molecular flexibility index (Phi) is 6.51. The molecular formula is C19H21FN2O3. The Morgan fingerprint density at radius 1 is 1.12 bits per heavy atom. The molecule has 2 N–H and O–H groups in total. The molecule has 2 aromatic carbocycles. The van der Waals surface area contributed by atoms with Gasteiger partial charge in [0.2, 0.25) is 5.91 Å². The van der Waals surface area contributed by atoms with Crippen LogP contribution in [0.2, 0.25) is 0 Å². The van der Waals surface area contributed by atoms with Crippen molar-refractivity contribution < 1.29 is 18.7 Å². The van der Waals surface area contributed by atoms with Gasteiger partial charge in [-0.3, -0.25) is 20.4 Å². The zero-order valence-corrected chi connectivity index (χ0v) is 14.2. The Bertz CT molecular complexity index is 749. The van der Waals surface area contributed by atoms with Crippen molar-refractivity contribution in [1.82, 2.24) is 10.9 Å². The summed E-state index contributed by atoms with van der Waals surface area (Å²) in [6, 6.07) is 13.7. The van der Waals surface area contributed by atoms with E-state index in [0.717, 1.165) is 11.1 Å². The lowest BCUT2D eigenvalue weighted by atomic mass is 10.1. The van der Waals surface area contributed by atoms with Crippen LogP contribution in [0.5, 0.6) is 5.75 Å². The normalized spacial score (nSPS) is 11.5. The fraction of sp³-hybridized carbons (Fsp3) is 0.263. The van der Waals surface area contributed by atoms with Crippen LogP contribution < -0.4 is 15.6 Å². The first-order valence-corrected chi connectivity index (χ1v) is 8.01. The summed E-state index contributed by atoms with van der Waals surface area (Å²) in [7, 11) is 0. The van der Waals surface area contributed by atoms with Crippen LogP contribution in [0.15, 0.2) is 48.5 Å². The number of nitrogens with one attached hydrogen (secondary N) is 2. The van der Waals surface area contributed by atoms with E-state index in [4.69, 9.17) is 4.74 Å². The zero-order chi connectivity index (χ0) is 18.2. The summed E-state index contributed by atoms with van der Waals surface area (Å²) in [5.74, 6) is -1.44. The molecule has 0 aliphatic heterocycles. The number of para-hydroxylation sites is 1. The Labute approximate surface area is 146 Å². The first-order valence-electron chi connectivity index (χ1n) is 8.01. The molecule has 0 radical (unpaired) electrons. The van der Waals surface area contributed by atoms with E-state index in [9.17, 15) is 14.0 Å². The van der Waals surface area contributed by atoms with Gasteiger partial charge in [-0.05, 0) is 38.0 Å². The third-order valence-electron chi connectivity index (χ3n) is 3.56. The predicted octanol–water partition coefficient (Wildman–Crippen LogP) is 2.68. The molecule has 2 rings (SSSR count). The van der Waals surface area contributed by atoms with Gasteiger partial charge in [-0.25, -0.2) is 4.39 Å². The molecule has 1 unspecified atom stereocenters. The Morgan fingerprint density at radius 3 is 2.60 bits per heavy atom. The summed E-state index contributed by atoms with van der Waals surface area (Å²) in [6.45, 7) is 3.46. The molecule has 1 atom stereocenters. The number of amides is 2. The summed E-state index contributed by atoms with van der Waals surface area (Å²) in [4.78, 5) is 23.7. The summed E-state index contributed by atoms with van der Waals surface area (Å²) >= 11 is 0. The summed E-state index contributed by atoms with van der Waals surface area (Å²) in [5.41, 5.74) is 6.80. The first kappa shape index (κ1) is 18.4. The van der Waals surface area contributed by atoms with Crippen LogP contribution in [0.3, 0.4) is 0 Å². The quantitative estimate of drug-likeness (QED) is 0.792. The SMILES string of the molecule is Cc1cccc(CCC(=O)NNC(=O)C(C)Oc2ccccc2F)c1. The number of hydrogen-bond acceptors (Lipinski definition) is 3. The fourth-order valence-electron chi connectivity index (χ4n) is 2.21. The summed E-state index contributed by atoms with van der Waals surface area (Å²) in [5, 5.41) is 0. The highest BCUT2D eigenvalue weighted by atomic mass is 19.1. The van der Waals surface area contributed by atoms with Crippen molar-refractivity contribution in [2.75, 3.05) is 0 Å². The van der Waals surface area contributed by atoms with Crippen LogP contribution in [0.4, 0.5) is 4.39 Å². The largest absolute Gasteiger partial charge is 0.478 e. The van der Waals surface area contributed by atoms with Gasteiger partial charge in [-0.2, -0.15) is 0 Å². The minimum Gasteiger partial charge on any atom is -0.478 e. The molecule has 132 valence electrons. The van der Waals surface area contributed by atoms with E-state index in [2.05, 4.69) is 10.9 Å². The average Bonchev–Trinajstić information content (AvgIpc) is 2.59. The molecule has 25 heavy (non-hydrogen) atoms. The standard InChI is InChI=1S/C19H21FN2O3/c1-13-6-5-7-15(12-13)10-11-18(23)21-22-19(24)14(2)25-17-9-4-3-8-16(17)20/h3-9,12,14H,10-11H2,1-2H3,(H,21,23)(H,22,24). The summed E-state index contributed by atoms with van der Waals surface area (Å²) < 4.78 is 18.7. The molecule has 0 heterocycles. The van der Waals surface area contributed by atoms with E-state index in [1.165, 1.54) is 25.1 Å². The number of rotatable bonds is 6. The Balaban J connectivity index is 1.75. The molecule has 5 nitrogen and oxygen atoms in total. The van der Waals surface area contributed by atoms with Crippen molar-refractivity contribution in [3.8, 4) is 5.75 Å². The highest BCUT2D eigenvalue weighted by Crippen LogP contribution is 2.16. The Hall–Kier alpha value is -2.89. The maximum absolute atomic E-state index is 13.5. The predicted molar refractivity (Wildman–Crippen MR) is 92.3 cm³/mol. The molecule has 6 heteroatoms. The minimum absolute atomic E-state index is 0.0177.